The number of carbonyl (C=O) groups excluding carboxylic acids is 1. The number of likely N-dealkylation sites (N-methyl/N-ethyl adjacent to an activating group) is 1. The summed E-state index contributed by atoms with van der Waals surface area (Å²) in [6, 6.07) is 14.9. The first-order valence-electron chi connectivity index (χ1n) is 14.3. The van der Waals surface area contributed by atoms with Crippen LogP contribution >= 0.6 is 0 Å². The van der Waals surface area contributed by atoms with Crippen LogP contribution in [0.3, 0.4) is 0 Å². The number of benzene rings is 2. The molecule has 224 valence electrons. The molecule has 0 fully saturated rings. The number of ether oxygens (including phenoxy) is 6. The molecule has 0 radical (unpaired) electrons. The van der Waals surface area contributed by atoms with Crippen molar-refractivity contribution in [3.63, 3.8) is 0 Å². The molecule has 2 aromatic rings. The topological polar surface area (TPSA) is 95.9 Å². The zero-order chi connectivity index (χ0) is 29.2. The molecule has 0 saturated carbocycles. The number of rotatable bonds is 16. The summed E-state index contributed by atoms with van der Waals surface area (Å²) in [5.41, 5.74) is 6.23. The van der Waals surface area contributed by atoms with Gasteiger partial charge in [-0.3, -0.25) is 4.79 Å². The summed E-state index contributed by atoms with van der Waals surface area (Å²) in [5.74, 6) is -0.224. The normalized spacial score (nSPS) is 19.5. The van der Waals surface area contributed by atoms with E-state index in [-0.39, 0.29) is 36.7 Å². The SMILES string of the molecule is CCO[C@@H]1OC(C(=O)N(C)CC(OC)OC)=C[C@H](c2cccc3c2Cc2ccccc2-3)[C@H]1CCOCCOCCO. The lowest BCUT2D eigenvalue weighted by atomic mass is 9.78. The van der Waals surface area contributed by atoms with Gasteiger partial charge in [0.1, 0.15) is 0 Å². The lowest BCUT2D eigenvalue weighted by Crippen LogP contribution is -2.42. The minimum atomic E-state index is -0.628. The van der Waals surface area contributed by atoms with Crippen molar-refractivity contribution in [2.24, 2.45) is 5.92 Å². The molecule has 41 heavy (non-hydrogen) atoms. The highest BCUT2D eigenvalue weighted by Crippen LogP contribution is 2.45. The zero-order valence-corrected chi connectivity index (χ0v) is 24.5. The van der Waals surface area contributed by atoms with Crippen LogP contribution in [0.25, 0.3) is 11.1 Å². The van der Waals surface area contributed by atoms with Crippen LogP contribution in [0.2, 0.25) is 0 Å². The van der Waals surface area contributed by atoms with Crippen LogP contribution in [0, 0.1) is 5.92 Å². The van der Waals surface area contributed by atoms with Gasteiger partial charge in [0.15, 0.2) is 12.0 Å². The highest BCUT2D eigenvalue weighted by atomic mass is 16.7. The van der Waals surface area contributed by atoms with E-state index in [0.717, 1.165) is 6.42 Å². The number of allylic oxidation sites excluding steroid dienone is 1. The molecule has 1 aliphatic carbocycles. The molecule has 0 spiro atoms. The zero-order valence-electron chi connectivity index (χ0n) is 24.5. The summed E-state index contributed by atoms with van der Waals surface area (Å²) in [6.07, 6.45) is 2.28. The number of carbonyl (C=O) groups is 1. The van der Waals surface area contributed by atoms with Gasteiger partial charge in [0.2, 0.25) is 6.29 Å². The van der Waals surface area contributed by atoms with Gasteiger partial charge in [0.25, 0.3) is 5.91 Å². The molecule has 3 atom stereocenters. The average Bonchev–Trinajstić information content (AvgIpc) is 3.38. The van der Waals surface area contributed by atoms with E-state index >= 15 is 0 Å². The van der Waals surface area contributed by atoms with Crippen LogP contribution in [-0.2, 0) is 39.6 Å². The van der Waals surface area contributed by atoms with Gasteiger partial charge >= 0.3 is 0 Å². The number of hydrogen-bond donors (Lipinski definition) is 1. The Labute approximate surface area is 242 Å². The second kappa shape index (κ2) is 15.4. The van der Waals surface area contributed by atoms with Crippen molar-refractivity contribution in [2.75, 3.05) is 67.5 Å². The minimum absolute atomic E-state index is 0.0113. The standard InChI is InChI=1S/C32H43NO8/c1-5-40-32-26(13-15-38-17-18-39-16-14-34)28(20-29(41-32)31(35)33(2)21-30(36-3)37-4)25-12-8-11-24-23-10-7-6-9-22(23)19-27(24)25/h6-12,20,26,28,30,32,34H,5,13-19,21H2,1-4H3/t26-,28-,32-/m1/s1. The molecular weight excluding hydrogens is 526 g/mol. The average molecular weight is 570 g/mol. The largest absolute Gasteiger partial charge is 0.459 e. The minimum Gasteiger partial charge on any atom is -0.459 e. The molecule has 9 nitrogen and oxygen atoms in total. The van der Waals surface area contributed by atoms with Crippen molar-refractivity contribution in [3.8, 4) is 11.1 Å². The molecule has 0 saturated heterocycles. The Morgan fingerprint density at radius 3 is 2.49 bits per heavy atom. The third kappa shape index (κ3) is 7.54. The third-order valence-corrected chi connectivity index (χ3v) is 7.67. The summed E-state index contributed by atoms with van der Waals surface area (Å²) in [6.45, 7) is 4.22. The Morgan fingerprint density at radius 1 is 1.02 bits per heavy atom. The molecule has 0 aromatic heterocycles. The van der Waals surface area contributed by atoms with Crippen LogP contribution in [0.5, 0.6) is 0 Å². The van der Waals surface area contributed by atoms with Gasteiger partial charge in [-0.25, -0.2) is 0 Å². The first-order valence-corrected chi connectivity index (χ1v) is 14.3. The first kappa shape index (κ1) is 31.2. The predicted molar refractivity (Wildman–Crippen MR) is 154 cm³/mol. The first-order chi connectivity index (χ1) is 20.0. The number of aliphatic hydroxyl groups excluding tert-OH is 1. The third-order valence-electron chi connectivity index (χ3n) is 7.67. The van der Waals surface area contributed by atoms with Gasteiger partial charge < -0.3 is 38.4 Å². The van der Waals surface area contributed by atoms with Crippen molar-refractivity contribution < 1.29 is 38.3 Å². The highest BCUT2D eigenvalue weighted by Gasteiger charge is 2.40. The summed E-state index contributed by atoms with van der Waals surface area (Å²) in [5, 5.41) is 8.90. The molecule has 1 heterocycles. The number of hydrogen-bond acceptors (Lipinski definition) is 8. The van der Waals surface area contributed by atoms with Gasteiger partial charge in [-0.05, 0) is 53.7 Å². The maximum atomic E-state index is 13.6. The number of amides is 1. The maximum absolute atomic E-state index is 13.6. The van der Waals surface area contributed by atoms with Gasteiger partial charge in [-0.15, -0.1) is 0 Å². The fraction of sp³-hybridized carbons (Fsp3) is 0.531. The Kier molecular flexibility index (Phi) is 11.7. The van der Waals surface area contributed by atoms with E-state index in [1.807, 2.05) is 13.0 Å². The molecule has 0 bridgehead atoms. The Hall–Kier alpha value is -2.79. The number of aliphatic hydroxyl groups is 1. The monoisotopic (exact) mass is 569 g/mol. The molecule has 1 amide bonds. The van der Waals surface area contributed by atoms with Gasteiger partial charge in [0, 0.05) is 46.3 Å². The second-order valence-corrected chi connectivity index (χ2v) is 10.2. The molecule has 0 unspecified atom stereocenters. The van der Waals surface area contributed by atoms with E-state index in [1.165, 1.54) is 27.8 Å². The van der Waals surface area contributed by atoms with Gasteiger partial charge in [-0.1, -0.05) is 42.5 Å². The predicted octanol–water partition coefficient (Wildman–Crippen LogP) is 3.73. The smallest absolute Gasteiger partial charge is 0.288 e. The summed E-state index contributed by atoms with van der Waals surface area (Å²) < 4.78 is 34.2. The number of fused-ring (bicyclic) bond motifs is 3. The molecule has 4 rings (SSSR count). The molecular formula is C32H43NO8. The lowest BCUT2D eigenvalue weighted by molar-refractivity contribution is -0.174. The Morgan fingerprint density at radius 2 is 1.76 bits per heavy atom. The molecule has 2 aromatic carbocycles. The fourth-order valence-electron chi connectivity index (χ4n) is 5.63. The van der Waals surface area contributed by atoms with E-state index < -0.39 is 12.6 Å². The van der Waals surface area contributed by atoms with Gasteiger partial charge in [-0.2, -0.15) is 0 Å². The van der Waals surface area contributed by atoms with Crippen LogP contribution < -0.4 is 0 Å². The van der Waals surface area contributed by atoms with Gasteiger partial charge in [0.05, 0.1) is 33.0 Å². The Bertz CT molecular complexity index is 1160. The van der Waals surface area contributed by atoms with Crippen LogP contribution in [0.4, 0.5) is 0 Å². The molecule has 2 aliphatic rings. The summed E-state index contributed by atoms with van der Waals surface area (Å²) >= 11 is 0. The van der Waals surface area contributed by atoms with Crippen molar-refractivity contribution in [3.05, 3.63) is 71.0 Å². The Balaban J connectivity index is 1.65. The fourth-order valence-corrected chi connectivity index (χ4v) is 5.63. The van der Waals surface area contributed by atoms with Crippen LogP contribution in [0.1, 0.15) is 36.0 Å². The van der Waals surface area contributed by atoms with Crippen LogP contribution in [0.15, 0.2) is 54.3 Å². The van der Waals surface area contributed by atoms with E-state index in [1.54, 1.807) is 26.2 Å². The summed E-state index contributed by atoms with van der Waals surface area (Å²) in [7, 11) is 4.80. The number of nitrogens with zero attached hydrogens (tertiary/aromatic N) is 1. The molecule has 1 N–H and O–H groups in total. The summed E-state index contributed by atoms with van der Waals surface area (Å²) in [4.78, 5) is 15.2. The van der Waals surface area contributed by atoms with Crippen molar-refractivity contribution in [1.82, 2.24) is 4.90 Å². The van der Waals surface area contributed by atoms with Crippen LogP contribution in [-0.4, -0.2) is 95.9 Å². The highest BCUT2D eigenvalue weighted by molar-refractivity contribution is 5.91. The lowest BCUT2D eigenvalue weighted by Gasteiger charge is -2.38. The quantitative estimate of drug-likeness (QED) is 0.206. The molecule has 9 heteroatoms. The van der Waals surface area contributed by atoms with E-state index in [2.05, 4.69) is 42.5 Å². The second-order valence-electron chi connectivity index (χ2n) is 10.2. The van der Waals surface area contributed by atoms with Crippen molar-refractivity contribution in [2.45, 2.75) is 38.3 Å². The number of methoxy groups -OCH3 is 2. The maximum Gasteiger partial charge on any atom is 0.288 e. The van der Waals surface area contributed by atoms with Crippen molar-refractivity contribution in [1.29, 1.82) is 0 Å². The van der Waals surface area contributed by atoms with E-state index in [0.29, 0.717) is 39.5 Å². The van der Waals surface area contributed by atoms with E-state index in [9.17, 15) is 4.79 Å². The molecule has 1 aliphatic heterocycles. The van der Waals surface area contributed by atoms with E-state index in [4.69, 9.17) is 33.5 Å². The van der Waals surface area contributed by atoms with Crippen molar-refractivity contribution >= 4 is 5.91 Å².